The SMILES string of the molecule is Cc1ccccc1CSc1nc2n(n1)[C@@H](c1ccccc1F)C1=C(CCCC1=O)N2. The second-order valence-corrected chi connectivity index (χ2v) is 8.54. The number of nitrogens with one attached hydrogen (secondary N) is 1. The van der Waals surface area contributed by atoms with E-state index in [1.165, 1.54) is 29.0 Å². The Bertz CT molecular complexity index is 1170. The minimum Gasteiger partial charge on any atom is -0.328 e. The van der Waals surface area contributed by atoms with Gasteiger partial charge in [0.2, 0.25) is 11.1 Å². The lowest BCUT2D eigenvalue weighted by atomic mass is 9.85. The maximum atomic E-state index is 14.8. The van der Waals surface area contributed by atoms with Crippen LogP contribution in [0.4, 0.5) is 10.3 Å². The van der Waals surface area contributed by atoms with Crippen LogP contribution in [0.3, 0.4) is 0 Å². The number of nitrogens with zero attached hydrogens (tertiary/aromatic N) is 3. The van der Waals surface area contributed by atoms with Crippen LogP contribution in [0.25, 0.3) is 0 Å². The number of rotatable bonds is 4. The molecule has 30 heavy (non-hydrogen) atoms. The minimum absolute atomic E-state index is 0.0484. The predicted octanol–water partition coefficient (Wildman–Crippen LogP) is 5.04. The monoisotopic (exact) mass is 420 g/mol. The average molecular weight is 421 g/mol. The fourth-order valence-electron chi connectivity index (χ4n) is 4.10. The van der Waals surface area contributed by atoms with Gasteiger partial charge in [0.05, 0.1) is 0 Å². The number of thioether (sulfide) groups is 1. The molecular weight excluding hydrogens is 399 g/mol. The van der Waals surface area contributed by atoms with E-state index in [1.807, 2.05) is 12.1 Å². The summed E-state index contributed by atoms with van der Waals surface area (Å²) in [4.78, 5) is 17.5. The first-order chi connectivity index (χ1) is 14.6. The standard InChI is InChI=1S/C23H21FN4OS/c1-14-7-2-3-8-15(14)13-30-23-26-22-25-18-11-6-12-19(29)20(18)21(28(22)27-23)16-9-4-5-10-17(16)24/h2-5,7-10,21H,6,11-13H2,1H3,(H,25,26,27)/t21-/m0/s1. The number of ketones is 1. The molecule has 152 valence electrons. The summed E-state index contributed by atoms with van der Waals surface area (Å²) in [5.74, 6) is 1.01. The van der Waals surface area contributed by atoms with Gasteiger partial charge in [-0.3, -0.25) is 4.79 Å². The summed E-state index contributed by atoms with van der Waals surface area (Å²) < 4.78 is 16.4. The molecule has 1 aromatic heterocycles. The zero-order valence-electron chi connectivity index (χ0n) is 16.6. The normalized spacial score (nSPS) is 18.1. The van der Waals surface area contributed by atoms with E-state index in [-0.39, 0.29) is 11.6 Å². The molecule has 1 atom stereocenters. The number of benzene rings is 2. The number of fused-ring (bicyclic) bond motifs is 1. The number of hydrogen-bond donors (Lipinski definition) is 1. The number of allylic oxidation sites excluding steroid dienone is 2. The molecule has 5 nitrogen and oxygen atoms in total. The lowest BCUT2D eigenvalue weighted by Gasteiger charge is -2.32. The first kappa shape index (κ1) is 19.1. The molecule has 2 aliphatic rings. The van der Waals surface area contributed by atoms with Gasteiger partial charge in [0, 0.05) is 29.0 Å². The van der Waals surface area contributed by atoms with Crippen molar-refractivity contribution < 1.29 is 9.18 Å². The van der Waals surface area contributed by atoms with Gasteiger partial charge < -0.3 is 5.32 Å². The van der Waals surface area contributed by atoms with Crippen molar-refractivity contribution >= 4 is 23.5 Å². The quantitative estimate of drug-likeness (QED) is 0.599. The molecule has 0 saturated carbocycles. The van der Waals surface area contributed by atoms with E-state index in [9.17, 15) is 9.18 Å². The molecule has 0 fully saturated rings. The van der Waals surface area contributed by atoms with Crippen molar-refractivity contribution in [3.63, 3.8) is 0 Å². The molecule has 0 spiro atoms. The van der Waals surface area contributed by atoms with Crippen LogP contribution in [0.5, 0.6) is 0 Å². The number of anilines is 1. The maximum absolute atomic E-state index is 14.8. The van der Waals surface area contributed by atoms with E-state index in [0.717, 1.165) is 24.3 Å². The smallest absolute Gasteiger partial charge is 0.227 e. The summed E-state index contributed by atoms with van der Waals surface area (Å²) in [5.41, 5.74) is 4.35. The van der Waals surface area contributed by atoms with Gasteiger partial charge in [0.1, 0.15) is 11.9 Å². The van der Waals surface area contributed by atoms with Crippen LogP contribution in [-0.4, -0.2) is 20.5 Å². The van der Waals surface area contributed by atoms with Gasteiger partial charge in [-0.25, -0.2) is 9.07 Å². The molecule has 5 rings (SSSR count). The van der Waals surface area contributed by atoms with Crippen molar-refractivity contribution in [2.45, 2.75) is 43.1 Å². The molecular formula is C23H21FN4OS. The van der Waals surface area contributed by atoms with Crippen LogP contribution in [0.2, 0.25) is 0 Å². The third-order valence-corrected chi connectivity index (χ3v) is 6.55. The molecule has 7 heteroatoms. The van der Waals surface area contributed by atoms with Crippen LogP contribution in [0.1, 0.15) is 42.0 Å². The molecule has 0 amide bonds. The Morgan fingerprint density at radius 1 is 1.17 bits per heavy atom. The van der Waals surface area contributed by atoms with E-state index in [0.29, 0.717) is 28.7 Å². The van der Waals surface area contributed by atoms with E-state index in [4.69, 9.17) is 0 Å². The van der Waals surface area contributed by atoms with Gasteiger partial charge in [0.15, 0.2) is 5.78 Å². The number of halogens is 1. The average Bonchev–Trinajstić information content (AvgIpc) is 3.15. The summed E-state index contributed by atoms with van der Waals surface area (Å²) >= 11 is 1.54. The zero-order valence-corrected chi connectivity index (χ0v) is 17.4. The Hall–Kier alpha value is -2.93. The number of aromatic nitrogens is 3. The highest BCUT2D eigenvalue weighted by atomic mass is 32.2. The van der Waals surface area contributed by atoms with Gasteiger partial charge in [-0.15, -0.1) is 5.10 Å². The Labute approximate surface area is 178 Å². The molecule has 2 heterocycles. The summed E-state index contributed by atoms with van der Waals surface area (Å²) in [7, 11) is 0. The molecule has 2 aromatic carbocycles. The molecule has 1 N–H and O–H groups in total. The number of Topliss-reactive ketones (excluding diaryl/α,β-unsaturated/α-hetero) is 1. The Morgan fingerprint density at radius 3 is 2.80 bits per heavy atom. The van der Waals surface area contributed by atoms with E-state index >= 15 is 0 Å². The van der Waals surface area contributed by atoms with Gasteiger partial charge >= 0.3 is 0 Å². The van der Waals surface area contributed by atoms with Crippen LogP contribution in [0, 0.1) is 12.7 Å². The van der Waals surface area contributed by atoms with Crippen LogP contribution in [-0.2, 0) is 10.5 Å². The van der Waals surface area contributed by atoms with Crippen molar-refractivity contribution in [1.29, 1.82) is 0 Å². The van der Waals surface area contributed by atoms with Gasteiger partial charge in [-0.1, -0.05) is 54.2 Å². The highest BCUT2D eigenvalue weighted by Gasteiger charge is 2.37. The van der Waals surface area contributed by atoms with E-state index in [1.54, 1.807) is 22.9 Å². The topological polar surface area (TPSA) is 59.8 Å². The number of carbonyl (C=O) groups excluding carboxylic acids is 1. The maximum Gasteiger partial charge on any atom is 0.227 e. The first-order valence-electron chi connectivity index (χ1n) is 10.0. The zero-order chi connectivity index (χ0) is 20.7. The number of aryl methyl sites for hydroxylation is 1. The molecule has 0 radical (unpaired) electrons. The molecule has 0 saturated heterocycles. The molecule has 0 unspecified atom stereocenters. The van der Waals surface area contributed by atoms with E-state index < -0.39 is 6.04 Å². The summed E-state index contributed by atoms with van der Waals surface area (Å²) in [6.45, 7) is 2.08. The predicted molar refractivity (Wildman–Crippen MR) is 115 cm³/mol. The molecule has 1 aliphatic carbocycles. The lowest BCUT2D eigenvalue weighted by Crippen LogP contribution is -2.32. The van der Waals surface area contributed by atoms with Gasteiger partial charge in [-0.2, -0.15) is 4.98 Å². The first-order valence-corrected chi connectivity index (χ1v) is 11.0. The number of carbonyl (C=O) groups is 1. The molecule has 1 aliphatic heterocycles. The number of hydrogen-bond acceptors (Lipinski definition) is 5. The van der Waals surface area contributed by atoms with Crippen molar-refractivity contribution in [1.82, 2.24) is 14.8 Å². The van der Waals surface area contributed by atoms with E-state index in [2.05, 4.69) is 34.5 Å². The van der Waals surface area contributed by atoms with Crippen LogP contribution in [0.15, 0.2) is 65.0 Å². The second kappa shape index (κ2) is 7.72. The Kier molecular flexibility index (Phi) is 4.90. The summed E-state index contributed by atoms with van der Waals surface area (Å²) in [6.07, 6.45) is 2.02. The second-order valence-electron chi connectivity index (χ2n) is 7.60. The van der Waals surface area contributed by atoms with Gasteiger partial charge in [0.25, 0.3) is 0 Å². The third kappa shape index (κ3) is 3.33. The summed E-state index contributed by atoms with van der Waals surface area (Å²) in [6, 6.07) is 14.2. The van der Waals surface area contributed by atoms with Crippen LogP contribution >= 0.6 is 11.8 Å². The third-order valence-electron chi connectivity index (χ3n) is 5.67. The minimum atomic E-state index is -0.592. The van der Waals surface area contributed by atoms with Crippen molar-refractivity contribution in [2.24, 2.45) is 0 Å². The fraction of sp³-hybridized carbons (Fsp3) is 0.261. The van der Waals surface area contributed by atoms with Crippen molar-refractivity contribution in [3.8, 4) is 0 Å². The lowest BCUT2D eigenvalue weighted by molar-refractivity contribution is -0.116. The van der Waals surface area contributed by atoms with Crippen LogP contribution < -0.4 is 5.32 Å². The molecule has 0 bridgehead atoms. The highest BCUT2D eigenvalue weighted by molar-refractivity contribution is 7.98. The van der Waals surface area contributed by atoms with Crippen molar-refractivity contribution in [3.05, 3.63) is 82.3 Å². The fourth-order valence-corrected chi connectivity index (χ4v) is 5.00. The molecule has 3 aromatic rings. The highest BCUT2D eigenvalue weighted by Crippen LogP contribution is 2.41. The summed E-state index contributed by atoms with van der Waals surface area (Å²) in [5, 5.41) is 8.57. The Balaban J connectivity index is 1.53. The Morgan fingerprint density at radius 2 is 1.97 bits per heavy atom. The largest absolute Gasteiger partial charge is 0.328 e. The van der Waals surface area contributed by atoms with Gasteiger partial charge in [-0.05, 0) is 37.0 Å². The van der Waals surface area contributed by atoms with Crippen molar-refractivity contribution in [2.75, 3.05) is 5.32 Å².